The average molecular weight is 436 g/mol. The van der Waals surface area contributed by atoms with Gasteiger partial charge >= 0.3 is 0 Å². The van der Waals surface area contributed by atoms with Gasteiger partial charge in [0.2, 0.25) is 0 Å². The van der Waals surface area contributed by atoms with Crippen LogP contribution in [0, 0.1) is 0 Å². The van der Waals surface area contributed by atoms with Crippen molar-refractivity contribution in [3.63, 3.8) is 0 Å². The molecule has 9 heteroatoms. The highest BCUT2D eigenvalue weighted by atomic mass is 35.5. The third-order valence-corrected chi connectivity index (χ3v) is 7.26. The number of para-hydroxylation sites is 1. The number of fused-ring (bicyclic) bond motifs is 1. The maximum Gasteiger partial charge on any atom is 0.291 e. The average Bonchev–Trinajstić information content (AvgIpc) is 3.04. The van der Waals surface area contributed by atoms with Crippen LogP contribution in [-0.4, -0.2) is 24.7 Å². The molecule has 4 rings (SSSR count). The minimum Gasteiger partial charge on any atom is -0.266 e. The van der Waals surface area contributed by atoms with Gasteiger partial charge in [-0.15, -0.1) is 0 Å². The van der Waals surface area contributed by atoms with Gasteiger partial charge in [0, 0.05) is 12.5 Å². The molecular formula is C19H15Cl2N3O3S. The van der Waals surface area contributed by atoms with E-state index in [4.69, 9.17) is 23.2 Å². The van der Waals surface area contributed by atoms with Gasteiger partial charge in [-0.2, -0.15) is 9.78 Å². The lowest BCUT2D eigenvalue weighted by molar-refractivity contribution is 0.590. The van der Waals surface area contributed by atoms with Gasteiger partial charge < -0.3 is 0 Å². The Labute approximate surface area is 172 Å². The summed E-state index contributed by atoms with van der Waals surface area (Å²) in [6.45, 7) is 2.39. The van der Waals surface area contributed by atoms with Gasteiger partial charge in [-0.25, -0.2) is 8.42 Å². The molecule has 3 aromatic rings. The van der Waals surface area contributed by atoms with Crippen LogP contribution in [0.2, 0.25) is 10.0 Å². The van der Waals surface area contributed by atoms with Crippen LogP contribution >= 0.6 is 23.2 Å². The van der Waals surface area contributed by atoms with E-state index in [0.717, 1.165) is 10.2 Å². The molecule has 1 aromatic heterocycles. The fourth-order valence-electron chi connectivity index (χ4n) is 3.29. The van der Waals surface area contributed by atoms with E-state index in [9.17, 15) is 13.2 Å². The quantitative estimate of drug-likeness (QED) is 0.625. The van der Waals surface area contributed by atoms with Gasteiger partial charge in [-0.3, -0.25) is 9.10 Å². The van der Waals surface area contributed by atoms with Crippen LogP contribution < -0.4 is 9.86 Å². The summed E-state index contributed by atoms with van der Waals surface area (Å²) in [7, 11) is -3.73. The SMILES string of the molecule is CC1CN(S(=O)(=O)c2ccc(-n3ncc(Cl)c(Cl)c3=O)cc2)c2ccccc21. The van der Waals surface area contributed by atoms with Crippen LogP contribution in [0.25, 0.3) is 5.69 Å². The van der Waals surface area contributed by atoms with Crippen molar-refractivity contribution in [1.82, 2.24) is 9.78 Å². The van der Waals surface area contributed by atoms with Gasteiger partial charge in [0.1, 0.15) is 5.02 Å². The van der Waals surface area contributed by atoms with Gasteiger partial charge in [0.15, 0.2) is 0 Å². The minimum absolute atomic E-state index is 0.0592. The van der Waals surface area contributed by atoms with E-state index in [1.54, 1.807) is 0 Å². The Kier molecular flexibility index (Phi) is 4.69. The monoisotopic (exact) mass is 435 g/mol. The summed E-state index contributed by atoms with van der Waals surface area (Å²) in [5, 5.41) is 3.86. The van der Waals surface area contributed by atoms with Gasteiger partial charge in [-0.05, 0) is 35.9 Å². The Morgan fingerprint density at radius 1 is 1.07 bits per heavy atom. The van der Waals surface area contributed by atoms with Crippen LogP contribution in [0.15, 0.2) is 64.4 Å². The first-order chi connectivity index (χ1) is 13.3. The fraction of sp³-hybridized carbons (Fsp3) is 0.158. The van der Waals surface area contributed by atoms with E-state index in [1.165, 1.54) is 34.8 Å². The second kappa shape index (κ2) is 6.92. The predicted octanol–water partition coefficient (Wildman–Crippen LogP) is 3.85. The summed E-state index contributed by atoms with van der Waals surface area (Å²) in [6, 6.07) is 13.4. The molecule has 1 aliphatic rings. The number of rotatable bonds is 3. The van der Waals surface area contributed by atoms with Crippen molar-refractivity contribution >= 4 is 38.9 Å². The first-order valence-corrected chi connectivity index (χ1v) is 10.7. The Hall–Kier alpha value is -2.35. The molecule has 0 radical (unpaired) electrons. The van der Waals surface area contributed by atoms with E-state index >= 15 is 0 Å². The molecule has 0 N–H and O–H groups in total. The predicted molar refractivity (Wildman–Crippen MR) is 109 cm³/mol. The molecule has 2 heterocycles. The summed E-state index contributed by atoms with van der Waals surface area (Å²) in [5.74, 6) is 0.115. The second-order valence-corrected chi connectivity index (χ2v) is 9.16. The van der Waals surface area contributed by atoms with E-state index in [0.29, 0.717) is 17.9 Å². The van der Waals surface area contributed by atoms with Crippen LogP contribution in [0.1, 0.15) is 18.4 Å². The van der Waals surface area contributed by atoms with Gasteiger partial charge in [0.25, 0.3) is 15.6 Å². The molecule has 0 saturated carbocycles. The molecule has 6 nitrogen and oxygen atoms in total. The van der Waals surface area contributed by atoms with Crippen LogP contribution in [0.5, 0.6) is 0 Å². The molecule has 2 aromatic carbocycles. The minimum atomic E-state index is -3.73. The second-order valence-electron chi connectivity index (χ2n) is 6.51. The third kappa shape index (κ3) is 2.99. The first kappa shape index (κ1) is 19.0. The normalized spacial score (nSPS) is 16.2. The topological polar surface area (TPSA) is 72.3 Å². The summed E-state index contributed by atoms with van der Waals surface area (Å²) >= 11 is 11.7. The maximum absolute atomic E-state index is 13.2. The zero-order valence-electron chi connectivity index (χ0n) is 14.7. The van der Waals surface area contributed by atoms with Crippen molar-refractivity contribution in [2.45, 2.75) is 17.7 Å². The lowest BCUT2D eigenvalue weighted by atomic mass is 10.0. The van der Waals surface area contributed by atoms with E-state index in [1.807, 2.05) is 31.2 Å². The molecule has 0 amide bonds. The molecule has 0 spiro atoms. The lowest BCUT2D eigenvalue weighted by Crippen LogP contribution is -2.29. The molecule has 0 bridgehead atoms. The number of hydrogen-bond acceptors (Lipinski definition) is 4. The van der Waals surface area contributed by atoms with E-state index < -0.39 is 15.6 Å². The van der Waals surface area contributed by atoms with Crippen molar-refractivity contribution in [1.29, 1.82) is 0 Å². The number of benzene rings is 2. The molecule has 0 fully saturated rings. The number of aromatic nitrogens is 2. The maximum atomic E-state index is 13.2. The van der Waals surface area contributed by atoms with Crippen molar-refractivity contribution in [2.75, 3.05) is 10.8 Å². The smallest absolute Gasteiger partial charge is 0.266 e. The van der Waals surface area contributed by atoms with Crippen molar-refractivity contribution in [3.8, 4) is 5.69 Å². The largest absolute Gasteiger partial charge is 0.291 e. The van der Waals surface area contributed by atoms with Crippen molar-refractivity contribution < 1.29 is 8.42 Å². The van der Waals surface area contributed by atoms with Crippen LogP contribution in [0.3, 0.4) is 0 Å². The Balaban J connectivity index is 1.72. The zero-order valence-corrected chi connectivity index (χ0v) is 17.0. The molecule has 0 aliphatic carbocycles. The molecule has 0 saturated heterocycles. The van der Waals surface area contributed by atoms with Crippen LogP contribution in [0.4, 0.5) is 5.69 Å². The molecule has 144 valence electrons. The number of anilines is 1. The first-order valence-electron chi connectivity index (χ1n) is 8.46. The summed E-state index contributed by atoms with van der Waals surface area (Å²) < 4.78 is 28.8. The van der Waals surface area contributed by atoms with E-state index in [2.05, 4.69) is 5.10 Å². The summed E-state index contributed by atoms with van der Waals surface area (Å²) in [5.41, 5.74) is 1.51. The van der Waals surface area contributed by atoms with Crippen LogP contribution in [-0.2, 0) is 10.0 Å². The lowest BCUT2D eigenvalue weighted by Gasteiger charge is -2.20. The molecule has 1 atom stereocenters. The molecule has 1 aliphatic heterocycles. The number of hydrogen-bond donors (Lipinski definition) is 0. The highest BCUT2D eigenvalue weighted by molar-refractivity contribution is 7.92. The number of sulfonamides is 1. The number of halogens is 2. The summed E-state index contributed by atoms with van der Waals surface area (Å²) in [4.78, 5) is 12.3. The standard InChI is InChI=1S/C19H15Cl2N3O3S/c1-12-11-23(17-5-3-2-4-15(12)17)28(26,27)14-8-6-13(7-9-14)24-19(25)18(21)16(20)10-22-24/h2-10,12H,11H2,1H3. The van der Waals surface area contributed by atoms with Crippen molar-refractivity contribution in [2.24, 2.45) is 0 Å². The Morgan fingerprint density at radius 2 is 1.75 bits per heavy atom. The van der Waals surface area contributed by atoms with E-state index in [-0.39, 0.29) is 20.9 Å². The highest BCUT2D eigenvalue weighted by Crippen LogP contribution is 2.39. The van der Waals surface area contributed by atoms with Crippen molar-refractivity contribution in [3.05, 3.63) is 80.7 Å². The molecule has 28 heavy (non-hydrogen) atoms. The zero-order chi connectivity index (χ0) is 20.1. The third-order valence-electron chi connectivity index (χ3n) is 4.72. The molecular weight excluding hydrogens is 421 g/mol. The highest BCUT2D eigenvalue weighted by Gasteiger charge is 2.34. The number of nitrogens with zero attached hydrogens (tertiary/aromatic N) is 3. The van der Waals surface area contributed by atoms with Gasteiger partial charge in [-0.1, -0.05) is 48.3 Å². The Bertz CT molecular complexity index is 1220. The summed E-state index contributed by atoms with van der Waals surface area (Å²) in [6.07, 6.45) is 1.26. The Morgan fingerprint density at radius 3 is 2.46 bits per heavy atom. The fourth-order valence-corrected chi connectivity index (χ4v) is 5.12. The van der Waals surface area contributed by atoms with Gasteiger partial charge in [0.05, 0.1) is 27.5 Å². The molecule has 1 unspecified atom stereocenters.